The van der Waals surface area contributed by atoms with Gasteiger partial charge in [0.1, 0.15) is 22.8 Å². The fraction of sp³-hybridized carbons (Fsp3) is 0.548. The zero-order valence-electron chi connectivity index (χ0n) is 25.3. The molecule has 1 aromatic carbocycles. The Kier molecular flexibility index (Phi) is 7.06. The zero-order valence-corrected chi connectivity index (χ0v) is 25.3. The number of ketones is 2. The van der Waals surface area contributed by atoms with Gasteiger partial charge in [-0.1, -0.05) is 0 Å². The number of amides is 2. The number of aliphatic hydroxyl groups excluding tert-OH is 2. The van der Waals surface area contributed by atoms with Crippen molar-refractivity contribution in [2.45, 2.75) is 37.3 Å². The van der Waals surface area contributed by atoms with Crippen molar-refractivity contribution >= 4 is 40.5 Å². The Hall–Kier alpha value is -3.94. The number of benzene rings is 1. The van der Waals surface area contributed by atoms with Crippen LogP contribution in [0.15, 0.2) is 23.0 Å². The van der Waals surface area contributed by atoms with Gasteiger partial charge in [-0.2, -0.15) is 0 Å². The SMILES string of the molecule is CN(C)c1cc(NC(=O)C2CN(CC3CC3)C2)c(O)c2c1C[C@H]1C[C@H]3[C@H](N(C)C)C(=O)C(C(N)=O)=C(O)[C@@]3(O)C(=O)C1=C2O. The van der Waals surface area contributed by atoms with Crippen LogP contribution < -0.4 is 16.0 Å². The number of carbonyl (C=O) groups is 4. The van der Waals surface area contributed by atoms with Crippen LogP contribution in [0.1, 0.15) is 30.4 Å². The highest BCUT2D eigenvalue weighted by atomic mass is 16.3. The summed E-state index contributed by atoms with van der Waals surface area (Å²) < 4.78 is 0. The molecule has 2 saturated carbocycles. The van der Waals surface area contributed by atoms with Crippen molar-refractivity contribution in [1.29, 1.82) is 0 Å². The Balaban J connectivity index is 1.41. The molecule has 0 radical (unpaired) electrons. The van der Waals surface area contributed by atoms with E-state index in [2.05, 4.69) is 10.2 Å². The molecule has 0 bridgehead atoms. The summed E-state index contributed by atoms with van der Waals surface area (Å²) in [6, 6.07) is 0.477. The van der Waals surface area contributed by atoms with Gasteiger partial charge in [-0.15, -0.1) is 0 Å². The van der Waals surface area contributed by atoms with Crippen molar-refractivity contribution in [2.24, 2.45) is 29.4 Å². The number of nitrogens with zero attached hydrogens (tertiary/aromatic N) is 3. The minimum Gasteiger partial charge on any atom is -0.508 e. The standard InChI is InChI=1S/C31H39N5O8/c1-34(2)19-9-18(33-30(43)15-11-36(12-15)10-13-5-6-13)24(37)21-16(19)7-14-8-17-23(35(3)4)26(39)22(29(32)42)28(41)31(17,44)27(40)20(14)25(21)38/h9,13-15,17,23,37-38,41,44H,5-8,10-12H2,1-4H3,(H2,32,42)(H,33,43)/t14-,17-,23-,31-/m0/s1. The third kappa shape index (κ3) is 4.39. The molecule has 0 spiro atoms. The first-order chi connectivity index (χ1) is 20.7. The van der Waals surface area contributed by atoms with Crippen LogP contribution in [0.4, 0.5) is 11.4 Å². The molecule has 5 aliphatic rings. The van der Waals surface area contributed by atoms with E-state index in [0.717, 1.165) is 6.54 Å². The monoisotopic (exact) mass is 609 g/mol. The number of anilines is 2. The first-order valence-corrected chi connectivity index (χ1v) is 14.9. The molecular weight excluding hydrogens is 570 g/mol. The molecule has 236 valence electrons. The number of phenols is 1. The average Bonchev–Trinajstić information content (AvgIpc) is 3.73. The molecule has 1 heterocycles. The number of aromatic hydroxyl groups is 1. The fourth-order valence-electron chi connectivity index (χ4n) is 7.57. The topological polar surface area (TPSA) is 197 Å². The number of hydrogen-bond acceptors (Lipinski definition) is 11. The maximum absolute atomic E-state index is 14.1. The number of nitrogens with two attached hydrogens (primary N) is 1. The van der Waals surface area contributed by atoms with Gasteiger partial charge < -0.3 is 41.3 Å². The molecule has 2 amide bonds. The van der Waals surface area contributed by atoms with Gasteiger partial charge in [0.25, 0.3) is 5.91 Å². The van der Waals surface area contributed by atoms with Crippen molar-refractivity contribution < 1.29 is 39.6 Å². The number of hydrogen-bond donors (Lipinski definition) is 6. The number of likely N-dealkylation sites (N-methyl/N-ethyl adjacent to an activating group) is 1. The third-order valence-corrected chi connectivity index (χ3v) is 9.98. The van der Waals surface area contributed by atoms with Crippen molar-refractivity contribution in [2.75, 3.05) is 58.0 Å². The second-order valence-corrected chi connectivity index (χ2v) is 13.3. The summed E-state index contributed by atoms with van der Waals surface area (Å²) in [6.45, 7) is 2.23. The Labute approximate surface area is 254 Å². The van der Waals surface area contributed by atoms with Crippen molar-refractivity contribution in [3.63, 3.8) is 0 Å². The Morgan fingerprint density at radius 1 is 1.11 bits per heavy atom. The van der Waals surface area contributed by atoms with Crippen LogP contribution in [-0.2, 0) is 25.6 Å². The highest BCUT2D eigenvalue weighted by Crippen LogP contribution is 2.54. The van der Waals surface area contributed by atoms with Gasteiger partial charge in [0.15, 0.2) is 11.4 Å². The molecule has 3 fully saturated rings. The highest BCUT2D eigenvalue weighted by Gasteiger charge is 2.64. The molecule has 1 saturated heterocycles. The van der Waals surface area contributed by atoms with Crippen LogP contribution in [0.25, 0.3) is 5.76 Å². The van der Waals surface area contributed by atoms with E-state index < -0.39 is 63.8 Å². The lowest BCUT2D eigenvalue weighted by molar-refractivity contribution is -0.153. The van der Waals surface area contributed by atoms with Gasteiger partial charge >= 0.3 is 0 Å². The number of nitrogens with one attached hydrogen (secondary N) is 1. The molecule has 13 heteroatoms. The number of Topliss-reactive ketones (excluding diaryl/α,β-unsaturated/α-hetero) is 2. The zero-order chi connectivity index (χ0) is 32.0. The molecule has 13 nitrogen and oxygen atoms in total. The summed E-state index contributed by atoms with van der Waals surface area (Å²) in [5, 5.41) is 48.7. The van der Waals surface area contributed by atoms with E-state index in [0.29, 0.717) is 30.3 Å². The van der Waals surface area contributed by atoms with Crippen LogP contribution in [-0.4, -0.2) is 113 Å². The van der Waals surface area contributed by atoms with Crippen molar-refractivity contribution in [3.05, 3.63) is 34.1 Å². The average molecular weight is 610 g/mol. The summed E-state index contributed by atoms with van der Waals surface area (Å²) in [6.07, 6.45) is 2.60. The lowest BCUT2D eigenvalue weighted by atomic mass is 9.57. The number of rotatable bonds is 7. The van der Waals surface area contributed by atoms with E-state index in [-0.39, 0.29) is 41.5 Å². The lowest BCUT2D eigenvalue weighted by Gasteiger charge is -2.50. The molecule has 0 unspecified atom stereocenters. The predicted molar refractivity (Wildman–Crippen MR) is 160 cm³/mol. The first-order valence-electron chi connectivity index (χ1n) is 14.9. The largest absolute Gasteiger partial charge is 0.508 e. The number of likely N-dealkylation sites (tertiary alicyclic amines) is 1. The lowest BCUT2D eigenvalue weighted by Crippen LogP contribution is -2.65. The number of carbonyl (C=O) groups excluding carboxylic acids is 4. The van der Waals surface area contributed by atoms with Crippen LogP contribution in [0.2, 0.25) is 0 Å². The summed E-state index contributed by atoms with van der Waals surface area (Å²) in [5.41, 5.74) is 2.70. The van der Waals surface area contributed by atoms with Gasteiger partial charge in [-0.3, -0.25) is 24.1 Å². The second kappa shape index (κ2) is 10.3. The quantitative estimate of drug-likeness (QED) is 0.184. The summed E-state index contributed by atoms with van der Waals surface area (Å²) in [4.78, 5) is 58.2. The van der Waals surface area contributed by atoms with Gasteiger partial charge in [-0.05, 0) is 63.2 Å². The minimum atomic E-state index is -2.72. The number of primary amides is 1. The van der Waals surface area contributed by atoms with Gasteiger partial charge in [0.2, 0.25) is 11.7 Å². The number of fused-ring (bicyclic) bond motifs is 3. The molecule has 4 aliphatic carbocycles. The molecule has 1 aliphatic heterocycles. The summed E-state index contributed by atoms with van der Waals surface area (Å²) in [7, 11) is 6.66. The van der Waals surface area contributed by atoms with E-state index >= 15 is 0 Å². The van der Waals surface area contributed by atoms with Crippen LogP contribution in [0, 0.1) is 23.7 Å². The van der Waals surface area contributed by atoms with E-state index in [1.807, 2.05) is 0 Å². The first kappa shape index (κ1) is 30.1. The number of phenolic OH excluding ortho intramolecular Hbond substituents is 1. The fourth-order valence-corrected chi connectivity index (χ4v) is 7.57. The van der Waals surface area contributed by atoms with Gasteiger partial charge in [0, 0.05) is 50.9 Å². The van der Waals surface area contributed by atoms with Gasteiger partial charge in [-0.25, -0.2) is 0 Å². The Morgan fingerprint density at radius 3 is 2.34 bits per heavy atom. The molecule has 1 aromatic rings. The molecule has 4 atom stereocenters. The van der Waals surface area contributed by atoms with Crippen molar-refractivity contribution in [1.82, 2.24) is 9.80 Å². The number of aliphatic hydroxyl groups is 3. The smallest absolute Gasteiger partial charge is 0.255 e. The van der Waals surface area contributed by atoms with Crippen LogP contribution >= 0.6 is 0 Å². The van der Waals surface area contributed by atoms with E-state index in [1.165, 1.54) is 17.7 Å². The molecule has 7 N–H and O–H groups in total. The van der Waals surface area contributed by atoms with Crippen LogP contribution in [0.3, 0.4) is 0 Å². The van der Waals surface area contributed by atoms with E-state index in [9.17, 15) is 39.6 Å². The van der Waals surface area contributed by atoms with Crippen molar-refractivity contribution in [3.8, 4) is 5.75 Å². The summed E-state index contributed by atoms with van der Waals surface area (Å²) in [5.74, 6) is -6.98. The maximum Gasteiger partial charge on any atom is 0.255 e. The van der Waals surface area contributed by atoms with E-state index in [4.69, 9.17) is 5.73 Å². The maximum atomic E-state index is 14.1. The molecule has 6 rings (SSSR count). The third-order valence-electron chi connectivity index (χ3n) is 9.98. The highest BCUT2D eigenvalue weighted by molar-refractivity contribution is 6.24. The molecule has 0 aromatic heterocycles. The molecular formula is C31H39N5O8. The second-order valence-electron chi connectivity index (χ2n) is 13.3. The summed E-state index contributed by atoms with van der Waals surface area (Å²) >= 11 is 0. The van der Waals surface area contributed by atoms with Crippen LogP contribution in [0.5, 0.6) is 5.75 Å². The Morgan fingerprint density at radius 2 is 1.77 bits per heavy atom. The Bertz CT molecular complexity index is 1550. The van der Waals surface area contributed by atoms with E-state index in [1.54, 1.807) is 39.2 Å². The molecule has 44 heavy (non-hydrogen) atoms. The normalized spacial score (nSPS) is 28.8. The van der Waals surface area contributed by atoms with Gasteiger partial charge in [0.05, 0.1) is 23.2 Å². The minimum absolute atomic E-state index is 0.00306. The predicted octanol–water partition coefficient (Wildman–Crippen LogP) is 0.310.